The molecule has 0 bridgehead atoms. The van der Waals surface area contributed by atoms with Crippen molar-refractivity contribution in [1.29, 1.82) is 0 Å². The first-order valence-corrected chi connectivity index (χ1v) is 10.6. The molecule has 0 aliphatic heterocycles. The summed E-state index contributed by atoms with van der Waals surface area (Å²) in [6.45, 7) is 2.83. The molecule has 0 fully saturated rings. The summed E-state index contributed by atoms with van der Waals surface area (Å²) in [4.78, 5) is 24.2. The Bertz CT molecular complexity index is 1390. The maximum atomic E-state index is 12.7. The molecule has 31 heavy (non-hydrogen) atoms. The van der Waals surface area contributed by atoms with E-state index >= 15 is 0 Å². The molecule has 0 spiro atoms. The fraction of sp³-hybridized carbons (Fsp3) is 0.143. The Hall–Kier alpha value is -3.79. The maximum absolute atomic E-state index is 12.7. The zero-order valence-corrected chi connectivity index (χ0v) is 17.5. The number of aromatic amines is 1. The van der Waals surface area contributed by atoms with Gasteiger partial charge in [-0.15, -0.1) is 10.2 Å². The predicted octanol–water partition coefficient (Wildman–Crippen LogP) is 3.32. The van der Waals surface area contributed by atoms with E-state index in [1.54, 1.807) is 17.1 Å². The number of para-hydroxylation sites is 1. The summed E-state index contributed by atoms with van der Waals surface area (Å²) in [5.41, 5.74) is 2.02. The van der Waals surface area contributed by atoms with Gasteiger partial charge < -0.3 is 9.55 Å². The summed E-state index contributed by atoms with van der Waals surface area (Å²) < 4.78 is 3.69. The molecule has 1 aromatic carbocycles. The number of nitrogens with zero attached hydrogens (tertiary/aromatic N) is 7. The van der Waals surface area contributed by atoms with E-state index in [0.29, 0.717) is 21.3 Å². The summed E-state index contributed by atoms with van der Waals surface area (Å²) >= 11 is 1.27. The standard InChI is InChI=1S/C21H18N8OS/c1-2-12-28-17(14-8-10-22-11-9-14)26-27-21(28)31-20-24-18-16(19(30)25-20)13-23-29(18)15-6-4-3-5-7-15/h3-11,13H,2,12H2,1H3,(H,24,25,30). The second-order valence-electron chi connectivity index (χ2n) is 6.80. The molecule has 5 aromatic rings. The minimum absolute atomic E-state index is 0.245. The van der Waals surface area contributed by atoms with Gasteiger partial charge in [0, 0.05) is 24.5 Å². The topological polar surface area (TPSA) is 107 Å². The molecular weight excluding hydrogens is 412 g/mol. The monoisotopic (exact) mass is 430 g/mol. The third-order valence-electron chi connectivity index (χ3n) is 4.71. The van der Waals surface area contributed by atoms with E-state index in [2.05, 4.69) is 37.2 Å². The molecule has 5 rings (SSSR count). The van der Waals surface area contributed by atoms with Gasteiger partial charge in [-0.05, 0) is 42.4 Å². The van der Waals surface area contributed by atoms with Gasteiger partial charge in [-0.25, -0.2) is 9.67 Å². The number of aromatic nitrogens is 8. The Labute approximate surface area is 181 Å². The molecule has 0 amide bonds. The largest absolute Gasteiger partial charge is 0.302 e. The molecular formula is C21H18N8OS. The van der Waals surface area contributed by atoms with Crippen molar-refractivity contribution < 1.29 is 0 Å². The Morgan fingerprint density at radius 3 is 2.65 bits per heavy atom. The van der Waals surface area contributed by atoms with Crippen LogP contribution in [-0.4, -0.2) is 39.5 Å². The summed E-state index contributed by atoms with van der Waals surface area (Å²) in [7, 11) is 0. The lowest BCUT2D eigenvalue weighted by Crippen LogP contribution is -2.10. The van der Waals surface area contributed by atoms with E-state index in [1.807, 2.05) is 47.0 Å². The van der Waals surface area contributed by atoms with Gasteiger partial charge in [0.2, 0.25) is 0 Å². The van der Waals surface area contributed by atoms with Crippen LogP contribution in [0.3, 0.4) is 0 Å². The van der Waals surface area contributed by atoms with Crippen LogP contribution in [0.2, 0.25) is 0 Å². The van der Waals surface area contributed by atoms with E-state index < -0.39 is 0 Å². The van der Waals surface area contributed by atoms with Crippen molar-refractivity contribution in [2.24, 2.45) is 0 Å². The molecule has 0 unspecified atom stereocenters. The van der Waals surface area contributed by atoms with Gasteiger partial charge in [0.1, 0.15) is 5.39 Å². The van der Waals surface area contributed by atoms with Crippen LogP contribution in [0.4, 0.5) is 0 Å². The molecule has 4 aromatic heterocycles. The third kappa shape index (κ3) is 3.61. The molecule has 4 heterocycles. The predicted molar refractivity (Wildman–Crippen MR) is 117 cm³/mol. The molecule has 0 radical (unpaired) electrons. The number of fused-ring (bicyclic) bond motifs is 1. The highest BCUT2D eigenvalue weighted by Gasteiger charge is 2.17. The molecule has 10 heteroatoms. The minimum atomic E-state index is -0.245. The summed E-state index contributed by atoms with van der Waals surface area (Å²) in [5.74, 6) is 0.754. The van der Waals surface area contributed by atoms with Gasteiger partial charge in [-0.1, -0.05) is 25.1 Å². The fourth-order valence-corrected chi connectivity index (χ4v) is 4.11. The second kappa shape index (κ2) is 8.15. The summed E-state index contributed by atoms with van der Waals surface area (Å²) in [6, 6.07) is 13.4. The van der Waals surface area contributed by atoms with Crippen molar-refractivity contribution >= 4 is 22.8 Å². The fourth-order valence-electron chi connectivity index (χ4n) is 3.30. The lowest BCUT2D eigenvalue weighted by molar-refractivity contribution is 0.625. The molecule has 9 nitrogen and oxygen atoms in total. The molecule has 154 valence electrons. The van der Waals surface area contributed by atoms with Crippen LogP contribution >= 0.6 is 11.8 Å². The van der Waals surface area contributed by atoms with Gasteiger partial charge in [0.25, 0.3) is 5.56 Å². The number of H-pyrrole nitrogens is 1. The molecule has 0 aliphatic rings. The van der Waals surface area contributed by atoms with E-state index in [9.17, 15) is 4.79 Å². The average Bonchev–Trinajstić information content (AvgIpc) is 3.40. The number of nitrogens with one attached hydrogen (secondary N) is 1. The van der Waals surface area contributed by atoms with Crippen molar-refractivity contribution in [1.82, 2.24) is 39.5 Å². The Morgan fingerprint density at radius 1 is 1.06 bits per heavy atom. The number of benzene rings is 1. The Kier molecular flexibility index (Phi) is 5.04. The van der Waals surface area contributed by atoms with E-state index in [-0.39, 0.29) is 5.56 Å². The number of hydrogen-bond acceptors (Lipinski definition) is 7. The van der Waals surface area contributed by atoms with E-state index in [1.165, 1.54) is 18.0 Å². The van der Waals surface area contributed by atoms with Crippen molar-refractivity contribution in [3.05, 3.63) is 71.4 Å². The van der Waals surface area contributed by atoms with Gasteiger partial charge >= 0.3 is 0 Å². The van der Waals surface area contributed by atoms with E-state index in [4.69, 9.17) is 0 Å². The van der Waals surface area contributed by atoms with Crippen molar-refractivity contribution in [2.75, 3.05) is 0 Å². The van der Waals surface area contributed by atoms with Crippen LogP contribution in [0.15, 0.2) is 76.2 Å². The van der Waals surface area contributed by atoms with Crippen molar-refractivity contribution in [3.63, 3.8) is 0 Å². The second-order valence-corrected chi connectivity index (χ2v) is 7.75. The van der Waals surface area contributed by atoms with Crippen LogP contribution in [0.1, 0.15) is 13.3 Å². The van der Waals surface area contributed by atoms with Crippen LogP contribution in [-0.2, 0) is 6.54 Å². The SMILES string of the molecule is CCCn1c(Sc2nc3c(cnn3-c3ccccc3)c(=O)[nH]2)nnc1-c1ccncc1. The van der Waals surface area contributed by atoms with E-state index in [0.717, 1.165) is 30.0 Å². The molecule has 1 N–H and O–H groups in total. The first-order chi connectivity index (χ1) is 15.2. The number of rotatable bonds is 6. The van der Waals surface area contributed by atoms with Crippen molar-refractivity contribution in [2.45, 2.75) is 30.2 Å². The highest BCUT2D eigenvalue weighted by molar-refractivity contribution is 7.99. The Balaban J connectivity index is 1.57. The molecule has 0 atom stereocenters. The van der Waals surface area contributed by atoms with Crippen molar-refractivity contribution in [3.8, 4) is 17.1 Å². The van der Waals surface area contributed by atoms with Crippen LogP contribution < -0.4 is 5.56 Å². The highest BCUT2D eigenvalue weighted by atomic mass is 32.2. The molecule has 0 saturated carbocycles. The van der Waals surface area contributed by atoms with Crippen LogP contribution in [0, 0.1) is 0 Å². The number of hydrogen-bond donors (Lipinski definition) is 1. The molecule has 0 saturated heterocycles. The summed E-state index contributed by atoms with van der Waals surface area (Å²) in [6.07, 6.45) is 5.90. The lowest BCUT2D eigenvalue weighted by Gasteiger charge is -2.08. The first-order valence-electron chi connectivity index (χ1n) is 9.79. The van der Waals surface area contributed by atoms with Gasteiger partial charge in [-0.3, -0.25) is 9.78 Å². The number of pyridine rings is 1. The van der Waals surface area contributed by atoms with Gasteiger partial charge in [-0.2, -0.15) is 5.10 Å². The van der Waals surface area contributed by atoms with Gasteiger partial charge in [0.15, 0.2) is 21.8 Å². The normalized spacial score (nSPS) is 11.3. The minimum Gasteiger partial charge on any atom is -0.302 e. The zero-order valence-electron chi connectivity index (χ0n) is 16.6. The maximum Gasteiger partial charge on any atom is 0.262 e. The van der Waals surface area contributed by atoms with Crippen LogP contribution in [0.25, 0.3) is 28.1 Å². The summed E-state index contributed by atoms with van der Waals surface area (Å²) in [5, 5.41) is 14.6. The quantitative estimate of drug-likeness (QED) is 0.412. The zero-order chi connectivity index (χ0) is 21.2. The highest BCUT2D eigenvalue weighted by Crippen LogP contribution is 2.28. The van der Waals surface area contributed by atoms with Gasteiger partial charge in [0.05, 0.1) is 11.9 Å². The average molecular weight is 430 g/mol. The Morgan fingerprint density at radius 2 is 1.87 bits per heavy atom. The third-order valence-corrected chi connectivity index (χ3v) is 5.58. The first kappa shape index (κ1) is 19.2. The lowest BCUT2D eigenvalue weighted by atomic mass is 10.2. The van der Waals surface area contributed by atoms with Crippen LogP contribution in [0.5, 0.6) is 0 Å². The smallest absolute Gasteiger partial charge is 0.262 e. The molecule has 0 aliphatic carbocycles.